The van der Waals surface area contributed by atoms with E-state index in [-0.39, 0.29) is 18.2 Å². The van der Waals surface area contributed by atoms with Crippen molar-refractivity contribution in [2.24, 2.45) is 0 Å². The van der Waals surface area contributed by atoms with E-state index in [0.717, 1.165) is 36.6 Å². The Kier molecular flexibility index (Phi) is 7.00. The molecule has 2 N–H and O–H groups in total. The molecule has 1 aromatic carbocycles. The Balaban J connectivity index is 1.58. The van der Waals surface area contributed by atoms with Gasteiger partial charge in [-0.05, 0) is 31.5 Å². The zero-order valence-corrected chi connectivity index (χ0v) is 17.6. The molecule has 156 valence electrons. The molecule has 29 heavy (non-hydrogen) atoms. The number of hydrogen-bond acceptors (Lipinski definition) is 6. The van der Waals surface area contributed by atoms with Gasteiger partial charge in [-0.15, -0.1) is 0 Å². The summed E-state index contributed by atoms with van der Waals surface area (Å²) >= 11 is 0. The van der Waals surface area contributed by atoms with Gasteiger partial charge < -0.3 is 20.3 Å². The first kappa shape index (κ1) is 21.0. The Hall–Kier alpha value is -2.71. The summed E-state index contributed by atoms with van der Waals surface area (Å²) < 4.78 is 5.81. The number of hydrogen-bond donors (Lipinski definition) is 2. The molecule has 0 aliphatic carbocycles. The van der Waals surface area contributed by atoms with Crippen molar-refractivity contribution in [3.05, 3.63) is 47.8 Å². The van der Waals surface area contributed by atoms with Gasteiger partial charge in [0.2, 0.25) is 5.95 Å². The number of nitrogens with one attached hydrogen (secondary N) is 2. The third-order valence-corrected chi connectivity index (χ3v) is 4.69. The molecule has 2 aromatic rings. The topological polar surface area (TPSA) is 82.6 Å². The lowest BCUT2D eigenvalue weighted by molar-refractivity contribution is -0.0704. The molecule has 0 unspecified atom stereocenters. The molecule has 1 aliphatic heterocycles. The van der Waals surface area contributed by atoms with Crippen LogP contribution in [0.2, 0.25) is 0 Å². The number of morpholine rings is 1. The second-order valence-electron chi connectivity index (χ2n) is 7.66. The third kappa shape index (κ3) is 6.13. The summed E-state index contributed by atoms with van der Waals surface area (Å²) in [4.78, 5) is 25.2. The highest BCUT2D eigenvalue weighted by atomic mass is 16.5. The lowest BCUT2D eigenvalue weighted by Gasteiger charge is -2.35. The fraction of sp³-hybridized carbons (Fsp3) is 0.476. The molecule has 2 atom stereocenters. The number of carbonyl (C=O) groups is 1. The average molecular weight is 399 g/mol. The summed E-state index contributed by atoms with van der Waals surface area (Å²) in [6, 6.07) is 9.44. The van der Waals surface area contributed by atoms with Crippen LogP contribution < -0.4 is 15.5 Å². The Morgan fingerprint density at radius 3 is 2.66 bits per heavy atom. The van der Waals surface area contributed by atoms with Crippen molar-refractivity contribution >= 4 is 17.7 Å². The van der Waals surface area contributed by atoms with Gasteiger partial charge >= 0.3 is 6.03 Å². The third-order valence-electron chi connectivity index (χ3n) is 4.69. The highest BCUT2D eigenvalue weighted by molar-refractivity contribution is 5.90. The molecule has 0 spiro atoms. The van der Waals surface area contributed by atoms with Crippen LogP contribution in [0.5, 0.6) is 0 Å². The predicted molar refractivity (Wildman–Crippen MR) is 114 cm³/mol. The maximum absolute atomic E-state index is 12.4. The molecule has 0 radical (unpaired) electrons. The van der Waals surface area contributed by atoms with Gasteiger partial charge in [-0.1, -0.05) is 18.2 Å². The van der Waals surface area contributed by atoms with Crippen molar-refractivity contribution in [2.75, 3.05) is 37.4 Å². The zero-order chi connectivity index (χ0) is 20.8. The summed E-state index contributed by atoms with van der Waals surface area (Å²) in [7, 11) is 3.76. The summed E-state index contributed by atoms with van der Waals surface area (Å²) in [5.74, 6) is 0.615. The van der Waals surface area contributed by atoms with Gasteiger partial charge in [-0.25, -0.2) is 14.8 Å². The maximum atomic E-state index is 12.4. The number of nitrogens with zero attached hydrogens (tertiary/aromatic N) is 4. The molecular weight excluding hydrogens is 368 g/mol. The van der Waals surface area contributed by atoms with Crippen molar-refractivity contribution in [2.45, 2.75) is 39.1 Å². The highest BCUT2D eigenvalue weighted by Crippen LogP contribution is 2.20. The molecule has 1 aliphatic rings. The Morgan fingerprint density at radius 2 is 1.93 bits per heavy atom. The summed E-state index contributed by atoms with van der Waals surface area (Å²) in [5, 5.41) is 5.83. The normalized spacial score (nSPS) is 19.6. The number of carbonyl (C=O) groups excluding carboxylic acids is 1. The van der Waals surface area contributed by atoms with E-state index in [9.17, 15) is 4.79 Å². The minimum Gasteiger partial charge on any atom is -0.373 e. The van der Waals surface area contributed by atoms with E-state index < -0.39 is 0 Å². The van der Waals surface area contributed by atoms with Gasteiger partial charge in [0, 0.05) is 45.6 Å². The molecule has 8 heteroatoms. The summed E-state index contributed by atoms with van der Waals surface area (Å²) in [5.41, 5.74) is 2.65. The number of rotatable bonds is 6. The van der Waals surface area contributed by atoms with Crippen LogP contribution in [0.4, 0.5) is 16.4 Å². The van der Waals surface area contributed by atoms with Crippen molar-refractivity contribution < 1.29 is 9.53 Å². The van der Waals surface area contributed by atoms with Crippen LogP contribution in [0.25, 0.3) is 0 Å². The molecule has 0 bridgehead atoms. The van der Waals surface area contributed by atoms with E-state index >= 15 is 0 Å². The Labute approximate surface area is 172 Å². The molecule has 1 saturated heterocycles. The first-order valence-corrected chi connectivity index (χ1v) is 9.90. The van der Waals surface area contributed by atoms with E-state index in [1.807, 2.05) is 43.3 Å². The van der Waals surface area contributed by atoms with Crippen LogP contribution >= 0.6 is 0 Å². The largest absolute Gasteiger partial charge is 0.373 e. The van der Waals surface area contributed by atoms with Gasteiger partial charge in [0.1, 0.15) is 0 Å². The number of ether oxygens (including phenoxy) is 1. The zero-order valence-electron chi connectivity index (χ0n) is 17.6. The highest BCUT2D eigenvalue weighted by Gasteiger charge is 2.22. The molecule has 3 rings (SSSR count). The lowest BCUT2D eigenvalue weighted by Crippen LogP contribution is -2.44. The van der Waals surface area contributed by atoms with Gasteiger partial charge in [0.25, 0.3) is 0 Å². The van der Waals surface area contributed by atoms with Gasteiger partial charge in [0.15, 0.2) is 0 Å². The molecule has 8 nitrogen and oxygen atoms in total. The lowest BCUT2D eigenvalue weighted by atomic mass is 10.1. The second kappa shape index (κ2) is 9.67. The first-order chi connectivity index (χ1) is 13.9. The minimum atomic E-state index is -0.258. The van der Waals surface area contributed by atoms with Crippen LogP contribution in [-0.2, 0) is 17.8 Å². The molecule has 0 saturated carbocycles. The van der Waals surface area contributed by atoms with Crippen LogP contribution in [0.1, 0.15) is 25.1 Å². The predicted octanol–water partition coefficient (Wildman–Crippen LogP) is 2.47. The summed E-state index contributed by atoms with van der Waals surface area (Å²) in [6.07, 6.45) is 2.11. The standard InChI is InChI=1S/C21H30N6O2/c1-15-12-27(13-16(2)29-15)14-17-7-5-6-8-19(17)25-21(28)23-11-18-9-10-22-20(24-18)26(3)4/h5-10,15-16H,11-14H2,1-4H3,(H2,23,25,28)/t15-,16+. The fourth-order valence-corrected chi connectivity index (χ4v) is 3.47. The monoisotopic (exact) mass is 398 g/mol. The molecule has 2 amide bonds. The van der Waals surface area contributed by atoms with Crippen LogP contribution in [-0.4, -0.2) is 60.3 Å². The van der Waals surface area contributed by atoms with E-state index in [1.54, 1.807) is 12.3 Å². The van der Waals surface area contributed by atoms with Gasteiger partial charge in [-0.3, -0.25) is 4.90 Å². The Morgan fingerprint density at radius 1 is 1.21 bits per heavy atom. The molecule has 1 fully saturated rings. The molecule has 2 heterocycles. The number of urea groups is 1. The van der Waals surface area contributed by atoms with Gasteiger partial charge in [-0.2, -0.15) is 0 Å². The first-order valence-electron chi connectivity index (χ1n) is 9.90. The average Bonchev–Trinajstić information content (AvgIpc) is 2.67. The van der Waals surface area contributed by atoms with Crippen LogP contribution in [0.3, 0.4) is 0 Å². The fourth-order valence-electron chi connectivity index (χ4n) is 3.47. The number of amides is 2. The quantitative estimate of drug-likeness (QED) is 0.778. The number of aromatic nitrogens is 2. The van der Waals surface area contributed by atoms with E-state index in [4.69, 9.17) is 4.74 Å². The number of benzene rings is 1. The Bertz CT molecular complexity index is 818. The summed E-state index contributed by atoms with van der Waals surface area (Å²) in [6.45, 7) is 7.05. The van der Waals surface area contributed by atoms with E-state index in [2.05, 4.69) is 39.3 Å². The van der Waals surface area contributed by atoms with Gasteiger partial charge in [0.05, 0.1) is 24.4 Å². The van der Waals surface area contributed by atoms with E-state index in [0.29, 0.717) is 12.5 Å². The van der Waals surface area contributed by atoms with Crippen molar-refractivity contribution in [1.29, 1.82) is 0 Å². The number of anilines is 2. The maximum Gasteiger partial charge on any atom is 0.319 e. The molecule has 1 aromatic heterocycles. The van der Waals surface area contributed by atoms with E-state index in [1.165, 1.54) is 0 Å². The minimum absolute atomic E-state index is 0.210. The van der Waals surface area contributed by atoms with Crippen molar-refractivity contribution in [3.8, 4) is 0 Å². The SMILES string of the molecule is C[C@@H]1CN(Cc2ccccc2NC(=O)NCc2ccnc(N(C)C)n2)C[C@H](C)O1. The smallest absolute Gasteiger partial charge is 0.319 e. The number of para-hydroxylation sites is 1. The second-order valence-corrected chi connectivity index (χ2v) is 7.66. The molecular formula is C21H30N6O2. The van der Waals surface area contributed by atoms with Crippen LogP contribution in [0.15, 0.2) is 36.5 Å². The van der Waals surface area contributed by atoms with Crippen molar-refractivity contribution in [3.63, 3.8) is 0 Å². The van der Waals surface area contributed by atoms with Crippen molar-refractivity contribution in [1.82, 2.24) is 20.2 Å². The van der Waals surface area contributed by atoms with Crippen LogP contribution in [0, 0.1) is 0 Å².